The standard InChI is InChI=1S/C23H26ClFN6O2/c1-14-3-4-16(19(24)9-14)12-29-23(33)31-22-28-13-18(21(32)30-22)15-5-6-17(20(25)10-15)11-27-8-2-7-26/h3-6,9-10,13,27H,2,7-8,11-12,26H2,1H3,(H3,28,29,30,31,32,33). The maximum Gasteiger partial charge on any atom is 0.321 e. The van der Waals surface area contributed by atoms with Gasteiger partial charge in [-0.2, -0.15) is 4.98 Å². The number of carbonyl (C=O) groups is 1. The molecule has 2 amide bonds. The lowest BCUT2D eigenvalue weighted by Crippen LogP contribution is -2.30. The number of nitrogens with zero attached hydrogens (tertiary/aromatic N) is 1. The van der Waals surface area contributed by atoms with Crippen molar-refractivity contribution in [1.82, 2.24) is 20.6 Å². The summed E-state index contributed by atoms with van der Waals surface area (Å²) in [6.07, 6.45) is 2.19. The van der Waals surface area contributed by atoms with Crippen molar-refractivity contribution in [1.29, 1.82) is 0 Å². The molecular formula is C23H26ClFN6O2. The molecule has 2 aromatic carbocycles. The van der Waals surface area contributed by atoms with E-state index in [-0.39, 0.29) is 18.1 Å². The number of carbonyl (C=O) groups excluding carboxylic acids is 1. The van der Waals surface area contributed by atoms with E-state index in [2.05, 4.69) is 25.9 Å². The number of H-pyrrole nitrogens is 1. The molecule has 0 aliphatic carbocycles. The number of benzene rings is 2. The van der Waals surface area contributed by atoms with Crippen molar-refractivity contribution in [2.75, 3.05) is 18.4 Å². The highest BCUT2D eigenvalue weighted by atomic mass is 35.5. The summed E-state index contributed by atoms with van der Waals surface area (Å²) in [4.78, 5) is 31.2. The van der Waals surface area contributed by atoms with Crippen LogP contribution in [-0.4, -0.2) is 29.1 Å². The number of aromatic amines is 1. The summed E-state index contributed by atoms with van der Waals surface area (Å²) < 4.78 is 14.4. The van der Waals surface area contributed by atoms with Gasteiger partial charge in [0, 0.05) is 29.9 Å². The Balaban J connectivity index is 1.61. The molecule has 10 heteroatoms. The van der Waals surface area contributed by atoms with Crippen molar-refractivity contribution in [3.63, 3.8) is 0 Å². The normalized spacial score (nSPS) is 10.8. The number of amides is 2. The Labute approximate surface area is 195 Å². The maximum atomic E-state index is 14.4. The summed E-state index contributed by atoms with van der Waals surface area (Å²) >= 11 is 6.16. The molecule has 174 valence electrons. The molecule has 1 heterocycles. The van der Waals surface area contributed by atoms with Crippen LogP contribution in [0.3, 0.4) is 0 Å². The average Bonchev–Trinajstić information content (AvgIpc) is 2.77. The number of aryl methyl sites for hydroxylation is 1. The topological polar surface area (TPSA) is 125 Å². The molecule has 0 saturated heterocycles. The lowest BCUT2D eigenvalue weighted by atomic mass is 10.1. The number of anilines is 1. The van der Waals surface area contributed by atoms with E-state index >= 15 is 0 Å². The number of halogens is 2. The highest BCUT2D eigenvalue weighted by molar-refractivity contribution is 6.31. The molecule has 1 aromatic heterocycles. The first-order valence-electron chi connectivity index (χ1n) is 10.5. The third-order valence-electron chi connectivity index (χ3n) is 4.91. The minimum atomic E-state index is -0.598. The highest BCUT2D eigenvalue weighted by Gasteiger charge is 2.11. The molecule has 0 radical (unpaired) electrons. The molecule has 0 saturated carbocycles. The van der Waals surface area contributed by atoms with Crippen molar-refractivity contribution < 1.29 is 9.18 Å². The van der Waals surface area contributed by atoms with Crippen LogP contribution in [0.1, 0.15) is 23.1 Å². The van der Waals surface area contributed by atoms with Gasteiger partial charge in [0.15, 0.2) is 0 Å². The Morgan fingerprint density at radius 1 is 1.18 bits per heavy atom. The zero-order valence-corrected chi connectivity index (χ0v) is 18.9. The predicted octanol–water partition coefficient (Wildman–Crippen LogP) is 3.30. The van der Waals surface area contributed by atoms with Crippen LogP contribution in [0.25, 0.3) is 11.1 Å². The van der Waals surface area contributed by atoms with Crippen molar-refractivity contribution in [3.8, 4) is 11.1 Å². The fourth-order valence-corrected chi connectivity index (χ4v) is 3.40. The number of rotatable bonds is 9. The molecule has 3 rings (SSSR count). The van der Waals surface area contributed by atoms with E-state index in [1.807, 2.05) is 25.1 Å². The Morgan fingerprint density at radius 3 is 2.67 bits per heavy atom. The highest BCUT2D eigenvalue weighted by Crippen LogP contribution is 2.19. The lowest BCUT2D eigenvalue weighted by molar-refractivity contribution is 0.251. The number of nitrogens with two attached hydrogens (primary N) is 1. The van der Waals surface area contributed by atoms with E-state index in [0.29, 0.717) is 35.8 Å². The smallest absolute Gasteiger partial charge is 0.321 e. The molecule has 0 aliphatic rings. The van der Waals surface area contributed by atoms with Crippen LogP contribution in [-0.2, 0) is 13.1 Å². The van der Waals surface area contributed by atoms with E-state index in [1.165, 1.54) is 12.3 Å². The van der Waals surface area contributed by atoms with Crippen LogP contribution in [0, 0.1) is 12.7 Å². The summed E-state index contributed by atoms with van der Waals surface area (Å²) in [5.41, 5.74) is 7.68. The van der Waals surface area contributed by atoms with E-state index in [9.17, 15) is 14.0 Å². The first-order chi connectivity index (χ1) is 15.9. The summed E-state index contributed by atoms with van der Waals surface area (Å²) in [7, 11) is 0. The van der Waals surface area contributed by atoms with Gasteiger partial charge in [-0.15, -0.1) is 0 Å². The first kappa shape index (κ1) is 24.4. The Kier molecular flexibility index (Phi) is 8.53. The number of aromatic nitrogens is 2. The molecule has 0 aliphatic heterocycles. The molecule has 3 aromatic rings. The van der Waals surface area contributed by atoms with Gasteiger partial charge in [0.1, 0.15) is 5.82 Å². The molecule has 0 spiro atoms. The molecule has 0 fully saturated rings. The van der Waals surface area contributed by atoms with Crippen LogP contribution in [0.4, 0.5) is 15.1 Å². The zero-order valence-electron chi connectivity index (χ0n) is 18.2. The summed E-state index contributed by atoms with van der Waals surface area (Å²) in [6, 6.07) is 9.54. The van der Waals surface area contributed by atoms with Crippen molar-refractivity contribution >= 4 is 23.6 Å². The van der Waals surface area contributed by atoms with Gasteiger partial charge < -0.3 is 21.4 Å². The maximum absolute atomic E-state index is 14.4. The second kappa shape index (κ2) is 11.6. The van der Waals surface area contributed by atoms with Crippen molar-refractivity contribution in [2.45, 2.75) is 26.4 Å². The summed E-state index contributed by atoms with van der Waals surface area (Å²) in [6.45, 7) is 3.76. The fraction of sp³-hybridized carbons (Fsp3) is 0.261. The molecule has 0 unspecified atom stereocenters. The average molecular weight is 473 g/mol. The van der Waals surface area contributed by atoms with Gasteiger partial charge in [0.2, 0.25) is 5.95 Å². The molecular weight excluding hydrogens is 447 g/mol. The monoisotopic (exact) mass is 472 g/mol. The SMILES string of the molecule is Cc1ccc(CNC(=O)Nc2nc(=O)c(-c3ccc(CNCCCN)c(F)c3)c[nH]2)c(Cl)c1. The fourth-order valence-electron chi connectivity index (χ4n) is 3.10. The largest absolute Gasteiger partial charge is 0.334 e. The van der Waals surface area contributed by atoms with Gasteiger partial charge in [0.25, 0.3) is 5.56 Å². The van der Waals surface area contributed by atoms with E-state index < -0.39 is 17.4 Å². The lowest BCUT2D eigenvalue weighted by Gasteiger charge is -2.10. The van der Waals surface area contributed by atoms with Crippen LogP contribution in [0.15, 0.2) is 47.4 Å². The van der Waals surface area contributed by atoms with Crippen LogP contribution >= 0.6 is 11.6 Å². The van der Waals surface area contributed by atoms with Gasteiger partial charge in [-0.05, 0) is 55.3 Å². The van der Waals surface area contributed by atoms with E-state index in [4.69, 9.17) is 17.3 Å². The predicted molar refractivity (Wildman–Crippen MR) is 128 cm³/mol. The molecule has 8 nitrogen and oxygen atoms in total. The number of hydrogen-bond acceptors (Lipinski definition) is 5. The summed E-state index contributed by atoms with van der Waals surface area (Å²) in [5, 5.41) is 8.78. The third kappa shape index (κ3) is 6.85. The Hall–Kier alpha value is -3.27. The Bertz CT molecular complexity index is 1180. The van der Waals surface area contributed by atoms with Crippen molar-refractivity contribution in [2.24, 2.45) is 5.73 Å². The number of hydrogen-bond donors (Lipinski definition) is 5. The quantitative estimate of drug-likeness (QED) is 0.305. The van der Waals surface area contributed by atoms with Crippen LogP contribution in [0.5, 0.6) is 0 Å². The second-order valence-electron chi connectivity index (χ2n) is 7.50. The molecule has 6 N–H and O–H groups in total. The van der Waals surface area contributed by atoms with E-state index in [1.54, 1.807) is 12.1 Å². The minimum absolute atomic E-state index is 0.0301. The number of nitrogens with one attached hydrogen (secondary N) is 4. The van der Waals surface area contributed by atoms with Crippen LogP contribution in [0.2, 0.25) is 5.02 Å². The van der Waals surface area contributed by atoms with Crippen LogP contribution < -0.4 is 27.2 Å². The third-order valence-corrected chi connectivity index (χ3v) is 5.27. The summed E-state index contributed by atoms with van der Waals surface area (Å²) in [5.74, 6) is -0.457. The molecule has 0 bridgehead atoms. The van der Waals surface area contributed by atoms with Crippen molar-refractivity contribution in [3.05, 3.63) is 80.5 Å². The van der Waals surface area contributed by atoms with Gasteiger partial charge in [-0.25, -0.2) is 9.18 Å². The zero-order chi connectivity index (χ0) is 23.8. The number of urea groups is 1. The molecule has 0 atom stereocenters. The Morgan fingerprint density at radius 2 is 1.97 bits per heavy atom. The second-order valence-corrected chi connectivity index (χ2v) is 7.90. The van der Waals surface area contributed by atoms with Gasteiger partial charge >= 0.3 is 6.03 Å². The molecule has 33 heavy (non-hydrogen) atoms. The van der Waals surface area contributed by atoms with Gasteiger partial charge in [-0.1, -0.05) is 35.9 Å². The first-order valence-corrected chi connectivity index (χ1v) is 10.8. The van der Waals surface area contributed by atoms with E-state index in [0.717, 1.165) is 17.5 Å². The van der Waals surface area contributed by atoms with Gasteiger partial charge in [-0.3, -0.25) is 10.1 Å². The van der Waals surface area contributed by atoms with Gasteiger partial charge in [0.05, 0.1) is 5.56 Å². The minimum Gasteiger partial charge on any atom is -0.334 e.